The van der Waals surface area contributed by atoms with Gasteiger partial charge in [0.25, 0.3) is 0 Å². The first-order chi connectivity index (χ1) is 7.77. The van der Waals surface area contributed by atoms with Gasteiger partial charge in [-0.1, -0.05) is 6.42 Å². The summed E-state index contributed by atoms with van der Waals surface area (Å²) in [6, 6.07) is 0. The Labute approximate surface area is 98.1 Å². The fraction of sp³-hybridized carbons (Fsp3) is 0.917. The first-order valence-electron chi connectivity index (χ1n) is 6.28. The monoisotopic (exact) mass is 228 g/mol. The number of nitrogens with zero attached hydrogens (tertiary/aromatic N) is 1. The third-order valence-electron chi connectivity index (χ3n) is 3.22. The van der Waals surface area contributed by atoms with Crippen molar-refractivity contribution in [1.82, 2.24) is 4.90 Å². The van der Waals surface area contributed by atoms with Gasteiger partial charge in [-0.25, -0.2) is 0 Å². The molecule has 1 fully saturated rings. The molecule has 1 aliphatic rings. The summed E-state index contributed by atoms with van der Waals surface area (Å²) < 4.78 is 4.80. The zero-order valence-corrected chi connectivity index (χ0v) is 10.3. The molecule has 4 nitrogen and oxygen atoms in total. The van der Waals surface area contributed by atoms with Crippen molar-refractivity contribution >= 4 is 5.97 Å². The van der Waals surface area contributed by atoms with Crippen LogP contribution in [0.4, 0.5) is 0 Å². The lowest BCUT2D eigenvalue weighted by Gasteiger charge is -2.31. The first-order valence-corrected chi connectivity index (χ1v) is 6.28. The van der Waals surface area contributed by atoms with Crippen LogP contribution in [0.3, 0.4) is 0 Å². The Morgan fingerprint density at radius 2 is 2.25 bits per heavy atom. The maximum atomic E-state index is 11.4. The summed E-state index contributed by atoms with van der Waals surface area (Å²) in [5.74, 6) is 0.0416. The van der Waals surface area contributed by atoms with E-state index >= 15 is 0 Å². The number of likely N-dealkylation sites (tertiary alicyclic amines) is 1. The molecule has 1 saturated heterocycles. The van der Waals surface area contributed by atoms with E-state index in [4.69, 9.17) is 10.5 Å². The van der Waals surface area contributed by atoms with Gasteiger partial charge in [0, 0.05) is 6.54 Å². The van der Waals surface area contributed by atoms with E-state index in [1.54, 1.807) is 0 Å². The number of piperidine rings is 1. The minimum atomic E-state index is -0.0494. The van der Waals surface area contributed by atoms with Crippen molar-refractivity contribution in [2.45, 2.75) is 32.1 Å². The van der Waals surface area contributed by atoms with E-state index in [-0.39, 0.29) is 11.9 Å². The lowest BCUT2D eigenvalue weighted by atomic mass is 9.98. The van der Waals surface area contributed by atoms with Crippen molar-refractivity contribution in [3.8, 4) is 0 Å². The number of methoxy groups -OCH3 is 1. The molecule has 16 heavy (non-hydrogen) atoms. The highest BCUT2D eigenvalue weighted by Crippen LogP contribution is 2.18. The van der Waals surface area contributed by atoms with Crippen LogP contribution in [0, 0.1) is 5.92 Å². The summed E-state index contributed by atoms with van der Waals surface area (Å²) >= 11 is 0. The molecule has 0 aromatic carbocycles. The topological polar surface area (TPSA) is 55.6 Å². The van der Waals surface area contributed by atoms with E-state index in [0.29, 0.717) is 0 Å². The Morgan fingerprint density at radius 3 is 2.94 bits per heavy atom. The van der Waals surface area contributed by atoms with Gasteiger partial charge < -0.3 is 15.4 Å². The molecule has 0 amide bonds. The molecule has 1 unspecified atom stereocenters. The molecule has 0 saturated carbocycles. The van der Waals surface area contributed by atoms with Crippen LogP contribution in [0.5, 0.6) is 0 Å². The molecule has 0 aromatic rings. The number of esters is 1. The van der Waals surface area contributed by atoms with E-state index in [1.165, 1.54) is 20.0 Å². The normalized spacial score (nSPS) is 22.0. The average Bonchev–Trinajstić information content (AvgIpc) is 2.34. The Balaban J connectivity index is 2.20. The van der Waals surface area contributed by atoms with Gasteiger partial charge in [0.05, 0.1) is 13.0 Å². The molecule has 0 spiro atoms. The summed E-state index contributed by atoms with van der Waals surface area (Å²) in [6.45, 7) is 3.86. The third-order valence-corrected chi connectivity index (χ3v) is 3.22. The molecule has 1 aliphatic heterocycles. The zero-order chi connectivity index (χ0) is 11.8. The molecule has 0 bridgehead atoms. The number of carbonyl (C=O) groups is 1. The molecular weight excluding hydrogens is 204 g/mol. The molecule has 1 rings (SSSR count). The minimum absolute atomic E-state index is 0.0494. The van der Waals surface area contributed by atoms with Crippen LogP contribution in [-0.4, -0.2) is 44.2 Å². The maximum Gasteiger partial charge on any atom is 0.309 e. The number of rotatable bonds is 6. The van der Waals surface area contributed by atoms with E-state index in [0.717, 1.165) is 45.4 Å². The quantitative estimate of drug-likeness (QED) is 0.544. The van der Waals surface area contributed by atoms with Gasteiger partial charge in [0.2, 0.25) is 0 Å². The zero-order valence-electron chi connectivity index (χ0n) is 10.3. The highest BCUT2D eigenvalue weighted by Gasteiger charge is 2.25. The third kappa shape index (κ3) is 4.49. The van der Waals surface area contributed by atoms with Gasteiger partial charge in [0.15, 0.2) is 0 Å². The van der Waals surface area contributed by atoms with Crippen LogP contribution < -0.4 is 5.73 Å². The first kappa shape index (κ1) is 13.5. The predicted molar refractivity (Wildman–Crippen MR) is 64.1 cm³/mol. The second kappa shape index (κ2) is 7.63. The average molecular weight is 228 g/mol. The van der Waals surface area contributed by atoms with E-state index in [2.05, 4.69) is 4.90 Å². The number of nitrogens with two attached hydrogens (primary N) is 1. The summed E-state index contributed by atoms with van der Waals surface area (Å²) in [6.07, 6.45) is 5.57. The van der Waals surface area contributed by atoms with Gasteiger partial charge in [-0.2, -0.15) is 0 Å². The standard InChI is InChI=1S/C12H24N2O2/c1-16-12(15)11-6-5-9-14(10-11)8-4-2-3-7-13/h11H,2-10,13H2,1H3. The van der Waals surface area contributed by atoms with Gasteiger partial charge >= 0.3 is 5.97 Å². The molecule has 0 radical (unpaired) electrons. The SMILES string of the molecule is COC(=O)C1CCCN(CCCCCN)C1. The maximum absolute atomic E-state index is 11.4. The molecule has 0 aromatic heterocycles. The van der Waals surface area contributed by atoms with Gasteiger partial charge in [-0.3, -0.25) is 4.79 Å². The Bertz CT molecular complexity index is 209. The molecular formula is C12H24N2O2. The van der Waals surface area contributed by atoms with E-state index in [1.807, 2.05) is 0 Å². The summed E-state index contributed by atoms with van der Waals surface area (Å²) in [4.78, 5) is 13.8. The summed E-state index contributed by atoms with van der Waals surface area (Å²) in [5, 5.41) is 0. The van der Waals surface area contributed by atoms with Crippen molar-refractivity contribution in [3.05, 3.63) is 0 Å². The molecule has 2 N–H and O–H groups in total. The van der Waals surface area contributed by atoms with Crippen LogP contribution in [0.15, 0.2) is 0 Å². The fourth-order valence-corrected chi connectivity index (χ4v) is 2.27. The van der Waals surface area contributed by atoms with Crippen molar-refractivity contribution in [2.24, 2.45) is 11.7 Å². The number of hydrogen-bond acceptors (Lipinski definition) is 4. The number of hydrogen-bond donors (Lipinski definition) is 1. The summed E-state index contributed by atoms with van der Waals surface area (Å²) in [7, 11) is 1.47. The van der Waals surface area contributed by atoms with E-state index < -0.39 is 0 Å². The lowest BCUT2D eigenvalue weighted by molar-refractivity contribution is -0.147. The van der Waals surface area contributed by atoms with Crippen LogP contribution in [0.1, 0.15) is 32.1 Å². The minimum Gasteiger partial charge on any atom is -0.469 e. The summed E-state index contributed by atoms with van der Waals surface area (Å²) in [5.41, 5.74) is 5.45. The van der Waals surface area contributed by atoms with Crippen molar-refractivity contribution in [2.75, 3.05) is 33.3 Å². The Morgan fingerprint density at radius 1 is 1.44 bits per heavy atom. The van der Waals surface area contributed by atoms with E-state index in [9.17, 15) is 4.79 Å². The van der Waals surface area contributed by atoms with Gasteiger partial charge in [0.1, 0.15) is 0 Å². The number of carbonyl (C=O) groups excluding carboxylic acids is 1. The van der Waals surface area contributed by atoms with Crippen molar-refractivity contribution < 1.29 is 9.53 Å². The lowest BCUT2D eigenvalue weighted by Crippen LogP contribution is -2.39. The van der Waals surface area contributed by atoms with Crippen LogP contribution in [0.25, 0.3) is 0 Å². The van der Waals surface area contributed by atoms with Gasteiger partial charge in [-0.15, -0.1) is 0 Å². The number of unbranched alkanes of at least 4 members (excludes halogenated alkanes) is 2. The predicted octanol–water partition coefficient (Wildman–Crippen LogP) is 1.00. The fourth-order valence-electron chi connectivity index (χ4n) is 2.27. The van der Waals surface area contributed by atoms with Crippen molar-refractivity contribution in [1.29, 1.82) is 0 Å². The number of ether oxygens (including phenoxy) is 1. The van der Waals surface area contributed by atoms with Crippen LogP contribution in [0.2, 0.25) is 0 Å². The molecule has 1 atom stereocenters. The van der Waals surface area contributed by atoms with Gasteiger partial charge in [-0.05, 0) is 45.3 Å². The smallest absolute Gasteiger partial charge is 0.309 e. The van der Waals surface area contributed by atoms with Crippen molar-refractivity contribution in [3.63, 3.8) is 0 Å². The highest BCUT2D eigenvalue weighted by atomic mass is 16.5. The van der Waals surface area contributed by atoms with Crippen LogP contribution >= 0.6 is 0 Å². The van der Waals surface area contributed by atoms with Crippen LogP contribution in [-0.2, 0) is 9.53 Å². The molecule has 4 heteroatoms. The second-order valence-corrected chi connectivity index (χ2v) is 4.51. The second-order valence-electron chi connectivity index (χ2n) is 4.51. The Kier molecular flexibility index (Phi) is 6.42. The Hall–Kier alpha value is -0.610. The highest BCUT2D eigenvalue weighted by molar-refractivity contribution is 5.72. The molecule has 94 valence electrons. The molecule has 0 aliphatic carbocycles. The molecule has 1 heterocycles. The largest absolute Gasteiger partial charge is 0.469 e.